The number of halogens is 5. The largest absolute Gasteiger partial charge is 0.461 e. The van der Waals surface area contributed by atoms with Crippen molar-refractivity contribution in [2.45, 2.75) is 103 Å². The van der Waals surface area contributed by atoms with Gasteiger partial charge in [0.25, 0.3) is 5.91 Å². The molecule has 5 N–H and O–H groups in total. The number of ether oxygens (including phenoxy) is 1. The Morgan fingerprint density at radius 2 is 1.66 bits per heavy atom. The van der Waals surface area contributed by atoms with Crippen LogP contribution in [0, 0.1) is 24.7 Å². The van der Waals surface area contributed by atoms with E-state index in [2.05, 4.69) is 26.3 Å². The fourth-order valence-electron chi connectivity index (χ4n) is 7.94. The van der Waals surface area contributed by atoms with Gasteiger partial charge in [-0.1, -0.05) is 30.3 Å². The Morgan fingerprint density at radius 1 is 0.919 bits per heavy atom. The molecule has 1 aliphatic heterocycles. The summed E-state index contributed by atoms with van der Waals surface area (Å²) in [6, 6.07) is 15.8. The number of alkyl halides is 5. The van der Waals surface area contributed by atoms with Crippen LogP contribution in [0.25, 0.3) is 22.2 Å². The summed E-state index contributed by atoms with van der Waals surface area (Å²) in [5, 5.41) is 11.1. The van der Waals surface area contributed by atoms with Gasteiger partial charge in [-0.15, -0.1) is 0 Å². The Kier molecular flexibility index (Phi) is 13.7. The first kappa shape index (κ1) is 45.7. The molecular formula is C45H51F5N6O6. The lowest BCUT2D eigenvalue weighted by atomic mass is 9.77. The number of aromatic nitrogens is 2. The average molecular weight is 867 g/mol. The number of nitrogens with zero attached hydrogens (tertiary/aromatic N) is 1. The monoisotopic (exact) mass is 866 g/mol. The number of anilines is 1. The highest BCUT2D eigenvalue weighted by molar-refractivity contribution is 5.99. The molecule has 4 aromatic rings. The number of piperidine rings is 1. The topological polar surface area (TPSA) is 171 Å². The lowest BCUT2D eigenvalue weighted by Gasteiger charge is -2.29. The molecule has 1 aliphatic carbocycles. The summed E-state index contributed by atoms with van der Waals surface area (Å²) < 4.78 is 72.7. The molecule has 2 atom stereocenters. The van der Waals surface area contributed by atoms with E-state index in [1.807, 2.05) is 36.2 Å². The standard InChI is InChI=1S/C45H51F5N6O6/c1-25-19-30(38(58)54-35-9-6-18-51-40(35)60)14-16-33(25)29-8-5-7-27(20-29)21-31(22-37(57)28-12-10-26(11-13-28)24-52-42(61)62-43(2,3)4)39(59)53-32-15-17-34-36(23-32)56-41(55-34)44(46,47)45(48,49)50/h5,7-8,14-17,19-20,23,26,28,31,35H,6,9-13,18,21-22,24H2,1-4H3,(H,51,60)(H,52,61)(H,53,59)(H,54,58)(H,55,56)/t26?,28?,31-,35-/m1/s1. The van der Waals surface area contributed by atoms with Crippen molar-refractivity contribution in [1.82, 2.24) is 25.9 Å². The van der Waals surface area contributed by atoms with Gasteiger partial charge in [-0.25, -0.2) is 9.78 Å². The van der Waals surface area contributed by atoms with Crippen LogP contribution in [-0.2, 0) is 31.5 Å². The molecule has 3 aromatic carbocycles. The van der Waals surface area contributed by atoms with Crippen LogP contribution in [0.3, 0.4) is 0 Å². The number of carbonyl (C=O) groups is 5. The van der Waals surface area contributed by atoms with Gasteiger partial charge in [0.15, 0.2) is 5.82 Å². The van der Waals surface area contributed by atoms with E-state index in [-0.39, 0.29) is 59.0 Å². The van der Waals surface area contributed by atoms with Crippen LogP contribution >= 0.6 is 0 Å². The van der Waals surface area contributed by atoms with E-state index in [9.17, 15) is 45.9 Å². The van der Waals surface area contributed by atoms with Crippen LogP contribution in [0.15, 0.2) is 60.7 Å². The number of rotatable bonds is 13. The molecule has 12 nitrogen and oxygen atoms in total. The predicted octanol–water partition coefficient (Wildman–Crippen LogP) is 8.29. The van der Waals surface area contributed by atoms with Crippen LogP contribution in [0.5, 0.6) is 0 Å². The van der Waals surface area contributed by atoms with E-state index >= 15 is 0 Å². The number of aromatic amines is 1. The first-order valence-corrected chi connectivity index (χ1v) is 20.7. The molecule has 62 heavy (non-hydrogen) atoms. The minimum atomic E-state index is -5.88. The van der Waals surface area contributed by atoms with Crippen molar-refractivity contribution in [3.8, 4) is 11.1 Å². The number of ketones is 1. The smallest absolute Gasteiger partial charge is 0.444 e. The zero-order valence-corrected chi connectivity index (χ0v) is 34.9. The maximum absolute atomic E-state index is 14.1. The molecule has 1 aromatic heterocycles. The molecule has 0 bridgehead atoms. The zero-order chi connectivity index (χ0) is 45.0. The molecule has 17 heteroatoms. The number of benzene rings is 3. The number of aryl methyl sites for hydroxylation is 1. The third-order valence-corrected chi connectivity index (χ3v) is 11.3. The first-order valence-electron chi connectivity index (χ1n) is 20.7. The normalized spacial score (nSPS) is 19.0. The molecule has 6 rings (SSSR count). The molecule has 2 aliphatic rings. The summed E-state index contributed by atoms with van der Waals surface area (Å²) in [7, 11) is 0. The Hall–Kier alpha value is -5.87. The van der Waals surface area contributed by atoms with Crippen molar-refractivity contribution in [2.75, 3.05) is 18.4 Å². The molecule has 1 saturated heterocycles. The summed E-state index contributed by atoms with van der Waals surface area (Å²) in [4.78, 5) is 70.8. The molecule has 1 saturated carbocycles. The minimum absolute atomic E-state index is 0.0982. The van der Waals surface area contributed by atoms with Crippen molar-refractivity contribution in [3.05, 3.63) is 83.2 Å². The SMILES string of the molecule is Cc1cc(C(=O)N[C@@H]2CCCNC2=O)ccc1-c1cccc(C[C@H](CC(=O)C2CCC(CNC(=O)OC(C)(C)C)CC2)C(=O)Nc2ccc3nc(C(F)(F)C(F)(F)F)[nH]c3c2)c1. The van der Waals surface area contributed by atoms with Gasteiger partial charge in [0.1, 0.15) is 17.4 Å². The van der Waals surface area contributed by atoms with Gasteiger partial charge in [-0.05, 0) is 131 Å². The molecule has 4 amide bonds. The Bertz CT molecular complexity index is 2310. The molecule has 2 heterocycles. The Morgan fingerprint density at radius 3 is 2.34 bits per heavy atom. The van der Waals surface area contributed by atoms with Gasteiger partial charge >= 0.3 is 18.2 Å². The van der Waals surface area contributed by atoms with Gasteiger partial charge < -0.3 is 31.0 Å². The molecule has 0 unspecified atom stereocenters. The number of alkyl carbamates (subject to hydrolysis) is 1. The number of fused-ring (bicyclic) bond motifs is 1. The lowest BCUT2D eigenvalue weighted by Crippen LogP contribution is -2.50. The molecule has 0 spiro atoms. The van der Waals surface area contributed by atoms with Crippen LogP contribution in [0.4, 0.5) is 32.4 Å². The van der Waals surface area contributed by atoms with Crippen molar-refractivity contribution in [2.24, 2.45) is 17.8 Å². The van der Waals surface area contributed by atoms with Gasteiger partial charge in [0.2, 0.25) is 11.8 Å². The number of hydrogen-bond acceptors (Lipinski definition) is 7. The first-order chi connectivity index (χ1) is 29.2. The van der Waals surface area contributed by atoms with Crippen LogP contribution in [0.1, 0.15) is 93.0 Å². The number of Topliss-reactive ketones (excluding diaryl/α,β-unsaturated/α-hetero) is 1. The fourth-order valence-corrected chi connectivity index (χ4v) is 7.94. The van der Waals surface area contributed by atoms with Crippen LogP contribution < -0.4 is 21.3 Å². The summed E-state index contributed by atoms with van der Waals surface area (Å²) in [5.41, 5.74) is 2.65. The molecule has 332 valence electrons. The second kappa shape index (κ2) is 18.6. The van der Waals surface area contributed by atoms with Crippen molar-refractivity contribution < 1.29 is 50.7 Å². The quantitative estimate of drug-likeness (QED) is 0.0842. The highest BCUT2D eigenvalue weighted by Crippen LogP contribution is 2.43. The van der Waals surface area contributed by atoms with E-state index in [1.54, 1.807) is 39.0 Å². The van der Waals surface area contributed by atoms with E-state index < -0.39 is 47.5 Å². The maximum atomic E-state index is 14.1. The van der Waals surface area contributed by atoms with Gasteiger partial charge in [-0.2, -0.15) is 22.0 Å². The highest BCUT2D eigenvalue weighted by atomic mass is 19.4. The number of hydrogen-bond donors (Lipinski definition) is 5. The van der Waals surface area contributed by atoms with E-state index in [0.717, 1.165) is 28.7 Å². The molecule has 0 radical (unpaired) electrons. The zero-order valence-electron chi connectivity index (χ0n) is 34.9. The highest BCUT2D eigenvalue weighted by Gasteiger charge is 2.61. The van der Waals surface area contributed by atoms with Gasteiger partial charge in [0.05, 0.1) is 11.0 Å². The maximum Gasteiger partial charge on any atom is 0.461 e. The van der Waals surface area contributed by atoms with Crippen molar-refractivity contribution >= 4 is 46.3 Å². The second-order valence-corrected chi connectivity index (χ2v) is 17.2. The summed E-state index contributed by atoms with van der Waals surface area (Å²) >= 11 is 0. The van der Waals surface area contributed by atoms with Crippen LogP contribution in [-0.4, -0.2) is 70.5 Å². The Labute approximate surface area is 355 Å². The fraction of sp³-hybridized carbons (Fsp3) is 0.467. The summed E-state index contributed by atoms with van der Waals surface area (Å²) in [6.45, 7) is 8.16. The van der Waals surface area contributed by atoms with Crippen molar-refractivity contribution in [3.63, 3.8) is 0 Å². The van der Waals surface area contributed by atoms with Gasteiger partial charge in [0, 0.05) is 42.6 Å². The summed E-state index contributed by atoms with van der Waals surface area (Å²) in [5.74, 6) is -9.15. The third kappa shape index (κ3) is 11.3. The number of carbonyl (C=O) groups excluding carboxylic acids is 5. The van der Waals surface area contributed by atoms with Crippen molar-refractivity contribution in [1.29, 1.82) is 0 Å². The van der Waals surface area contributed by atoms with Crippen LogP contribution in [0.2, 0.25) is 0 Å². The third-order valence-electron chi connectivity index (χ3n) is 11.3. The molecular weight excluding hydrogens is 816 g/mol. The van der Waals surface area contributed by atoms with E-state index in [1.165, 1.54) is 18.2 Å². The number of imidazole rings is 1. The average Bonchev–Trinajstić information content (AvgIpc) is 3.64. The number of H-pyrrole nitrogens is 1. The number of nitrogens with one attached hydrogen (secondary N) is 5. The summed E-state index contributed by atoms with van der Waals surface area (Å²) in [6.07, 6.45) is -2.59. The van der Waals surface area contributed by atoms with E-state index in [0.29, 0.717) is 50.8 Å². The minimum Gasteiger partial charge on any atom is -0.444 e. The Balaban J connectivity index is 1.18. The predicted molar refractivity (Wildman–Crippen MR) is 221 cm³/mol. The van der Waals surface area contributed by atoms with Gasteiger partial charge in [-0.3, -0.25) is 19.2 Å². The van der Waals surface area contributed by atoms with E-state index in [4.69, 9.17) is 4.74 Å². The lowest BCUT2D eigenvalue weighted by molar-refractivity contribution is -0.292. The second-order valence-electron chi connectivity index (χ2n) is 17.2. The number of amides is 4. The molecule has 2 fully saturated rings.